The van der Waals surface area contributed by atoms with E-state index in [1.807, 2.05) is 28.8 Å². The predicted octanol–water partition coefficient (Wildman–Crippen LogP) is 3.56. The number of hydrogen-bond donors (Lipinski definition) is 2. The van der Waals surface area contributed by atoms with Crippen LogP contribution >= 0.6 is 24.0 Å². The van der Waals surface area contributed by atoms with Crippen LogP contribution in [-0.2, 0) is 6.42 Å². The third-order valence-electron chi connectivity index (χ3n) is 4.50. The number of rotatable bonds is 7. The van der Waals surface area contributed by atoms with E-state index in [1.165, 1.54) is 11.1 Å². The standard InChI is InChI=1S/C21H28N6.HI/c1-4-22-21(24-15-17(3)18-9-7-8-16(2)14-18)23-12-11-20-26-25-19-10-5-6-13-27(19)20;/h5-10,13-14,17H,4,11-12,15H2,1-3H3,(H2,22,23,24);1H. The quantitative estimate of drug-likeness (QED) is 0.301. The van der Waals surface area contributed by atoms with Crippen molar-refractivity contribution in [3.05, 3.63) is 65.6 Å². The molecule has 6 nitrogen and oxygen atoms in total. The second-order valence-electron chi connectivity index (χ2n) is 6.76. The molecule has 28 heavy (non-hydrogen) atoms. The monoisotopic (exact) mass is 492 g/mol. The van der Waals surface area contributed by atoms with Gasteiger partial charge in [-0.05, 0) is 31.5 Å². The maximum Gasteiger partial charge on any atom is 0.191 e. The fourth-order valence-corrected chi connectivity index (χ4v) is 3.01. The van der Waals surface area contributed by atoms with Gasteiger partial charge in [-0.1, -0.05) is 42.8 Å². The minimum atomic E-state index is 0. The number of aromatic nitrogens is 3. The average molecular weight is 492 g/mol. The van der Waals surface area contributed by atoms with Crippen LogP contribution in [0.1, 0.15) is 36.7 Å². The van der Waals surface area contributed by atoms with Gasteiger partial charge in [0.2, 0.25) is 0 Å². The lowest BCUT2D eigenvalue weighted by Gasteiger charge is -2.14. The number of halogens is 1. The SMILES string of the molecule is CCNC(=NCC(C)c1cccc(C)c1)NCCc1nnc2ccccn12.I. The Kier molecular flexibility index (Phi) is 8.69. The third kappa shape index (κ3) is 5.92. The second kappa shape index (κ2) is 11.0. The van der Waals surface area contributed by atoms with Gasteiger partial charge in [0.05, 0.1) is 0 Å². The van der Waals surface area contributed by atoms with Gasteiger partial charge in [-0.2, -0.15) is 0 Å². The Bertz CT molecular complexity index is 905. The first kappa shape index (κ1) is 22.1. The molecule has 0 spiro atoms. The molecule has 3 aromatic rings. The molecule has 3 rings (SSSR count). The Morgan fingerprint density at radius 3 is 2.79 bits per heavy atom. The van der Waals surface area contributed by atoms with Gasteiger partial charge < -0.3 is 10.6 Å². The Balaban J connectivity index is 0.00000280. The van der Waals surface area contributed by atoms with Crippen LogP contribution in [0.5, 0.6) is 0 Å². The molecule has 0 radical (unpaired) electrons. The number of fused-ring (bicyclic) bond motifs is 1. The summed E-state index contributed by atoms with van der Waals surface area (Å²) < 4.78 is 2.02. The summed E-state index contributed by atoms with van der Waals surface area (Å²) in [6.07, 6.45) is 2.77. The first-order chi connectivity index (χ1) is 13.2. The van der Waals surface area contributed by atoms with E-state index in [4.69, 9.17) is 4.99 Å². The fourth-order valence-electron chi connectivity index (χ4n) is 3.01. The van der Waals surface area contributed by atoms with Gasteiger partial charge in [0.25, 0.3) is 0 Å². The van der Waals surface area contributed by atoms with Crippen LogP contribution in [0.3, 0.4) is 0 Å². The topological polar surface area (TPSA) is 66.6 Å². The highest BCUT2D eigenvalue weighted by molar-refractivity contribution is 14.0. The van der Waals surface area contributed by atoms with Crippen LogP contribution in [0.2, 0.25) is 0 Å². The number of nitrogens with zero attached hydrogens (tertiary/aromatic N) is 4. The van der Waals surface area contributed by atoms with Crippen molar-refractivity contribution in [1.82, 2.24) is 25.2 Å². The molecule has 0 bridgehead atoms. The van der Waals surface area contributed by atoms with Crippen LogP contribution in [0.15, 0.2) is 53.7 Å². The molecule has 7 heteroatoms. The summed E-state index contributed by atoms with van der Waals surface area (Å²) in [4.78, 5) is 4.75. The molecule has 1 aromatic carbocycles. The number of pyridine rings is 1. The Hall–Kier alpha value is -2.16. The fraction of sp³-hybridized carbons (Fsp3) is 0.381. The van der Waals surface area contributed by atoms with Gasteiger partial charge in [-0.3, -0.25) is 9.39 Å². The minimum Gasteiger partial charge on any atom is -0.357 e. The van der Waals surface area contributed by atoms with Crippen molar-refractivity contribution in [1.29, 1.82) is 0 Å². The molecule has 0 aliphatic rings. The van der Waals surface area contributed by atoms with Gasteiger partial charge >= 0.3 is 0 Å². The summed E-state index contributed by atoms with van der Waals surface area (Å²) in [7, 11) is 0. The van der Waals surface area contributed by atoms with Gasteiger partial charge in [-0.25, -0.2) is 0 Å². The molecule has 0 fully saturated rings. The average Bonchev–Trinajstić information content (AvgIpc) is 3.09. The molecule has 2 N–H and O–H groups in total. The van der Waals surface area contributed by atoms with E-state index in [-0.39, 0.29) is 24.0 Å². The summed E-state index contributed by atoms with van der Waals surface area (Å²) in [6.45, 7) is 8.74. The van der Waals surface area contributed by atoms with Gasteiger partial charge in [-0.15, -0.1) is 34.2 Å². The molecule has 0 amide bonds. The van der Waals surface area contributed by atoms with Crippen molar-refractivity contribution in [2.75, 3.05) is 19.6 Å². The van der Waals surface area contributed by atoms with E-state index < -0.39 is 0 Å². The van der Waals surface area contributed by atoms with Crippen molar-refractivity contribution in [2.24, 2.45) is 4.99 Å². The summed E-state index contributed by atoms with van der Waals surface area (Å²) in [6, 6.07) is 14.6. The highest BCUT2D eigenvalue weighted by Crippen LogP contribution is 2.16. The van der Waals surface area contributed by atoms with Crippen molar-refractivity contribution in [3.8, 4) is 0 Å². The maximum absolute atomic E-state index is 4.75. The van der Waals surface area contributed by atoms with E-state index in [1.54, 1.807) is 0 Å². The van der Waals surface area contributed by atoms with Crippen LogP contribution in [0.25, 0.3) is 5.65 Å². The maximum atomic E-state index is 4.75. The number of aliphatic imine (C=N–C) groups is 1. The Morgan fingerprint density at radius 1 is 1.14 bits per heavy atom. The minimum absolute atomic E-state index is 0. The van der Waals surface area contributed by atoms with Gasteiger partial charge in [0.15, 0.2) is 11.6 Å². The Morgan fingerprint density at radius 2 is 2.00 bits per heavy atom. The predicted molar refractivity (Wildman–Crippen MR) is 126 cm³/mol. The highest BCUT2D eigenvalue weighted by atomic mass is 127. The zero-order valence-corrected chi connectivity index (χ0v) is 19.1. The molecule has 2 aromatic heterocycles. The number of benzene rings is 1. The Labute approximate surface area is 183 Å². The lowest BCUT2D eigenvalue weighted by molar-refractivity contribution is 0.735. The van der Waals surface area contributed by atoms with E-state index >= 15 is 0 Å². The van der Waals surface area contributed by atoms with Crippen LogP contribution in [0.4, 0.5) is 0 Å². The van der Waals surface area contributed by atoms with Gasteiger partial charge in [0, 0.05) is 38.2 Å². The molecular weight excluding hydrogens is 463 g/mol. The molecule has 0 aliphatic carbocycles. The molecule has 0 aliphatic heterocycles. The normalized spacial score (nSPS) is 12.5. The molecule has 1 unspecified atom stereocenters. The molecule has 0 saturated carbocycles. The second-order valence-corrected chi connectivity index (χ2v) is 6.76. The summed E-state index contributed by atoms with van der Waals surface area (Å²) in [5, 5.41) is 15.2. The molecular formula is C21H29IN6. The van der Waals surface area contributed by atoms with Crippen LogP contribution in [0, 0.1) is 6.92 Å². The summed E-state index contributed by atoms with van der Waals surface area (Å²) in [5.74, 6) is 2.16. The van der Waals surface area contributed by atoms with Crippen molar-refractivity contribution < 1.29 is 0 Å². The summed E-state index contributed by atoms with van der Waals surface area (Å²) in [5.41, 5.74) is 3.48. The molecule has 0 saturated heterocycles. The lowest BCUT2D eigenvalue weighted by atomic mass is 10.00. The highest BCUT2D eigenvalue weighted by Gasteiger charge is 2.07. The van der Waals surface area contributed by atoms with Crippen LogP contribution in [-0.4, -0.2) is 40.2 Å². The molecule has 1 atom stereocenters. The van der Waals surface area contributed by atoms with Crippen LogP contribution < -0.4 is 10.6 Å². The van der Waals surface area contributed by atoms with E-state index in [9.17, 15) is 0 Å². The smallest absolute Gasteiger partial charge is 0.191 e. The largest absolute Gasteiger partial charge is 0.357 e. The van der Waals surface area contributed by atoms with E-state index in [0.717, 1.165) is 43.5 Å². The zero-order valence-electron chi connectivity index (χ0n) is 16.7. The van der Waals surface area contributed by atoms with Crippen molar-refractivity contribution >= 4 is 35.6 Å². The molecule has 150 valence electrons. The zero-order chi connectivity index (χ0) is 19.1. The number of nitrogens with one attached hydrogen (secondary N) is 2. The lowest BCUT2D eigenvalue weighted by Crippen LogP contribution is -2.38. The van der Waals surface area contributed by atoms with Crippen molar-refractivity contribution in [2.45, 2.75) is 33.1 Å². The molecule has 2 heterocycles. The van der Waals surface area contributed by atoms with E-state index in [0.29, 0.717) is 5.92 Å². The van der Waals surface area contributed by atoms with Crippen molar-refractivity contribution in [3.63, 3.8) is 0 Å². The first-order valence-electron chi connectivity index (χ1n) is 9.54. The summed E-state index contributed by atoms with van der Waals surface area (Å²) >= 11 is 0. The number of guanidine groups is 1. The number of aryl methyl sites for hydroxylation is 1. The third-order valence-corrected chi connectivity index (χ3v) is 4.50. The van der Waals surface area contributed by atoms with E-state index in [2.05, 4.69) is 65.9 Å². The number of hydrogen-bond acceptors (Lipinski definition) is 3. The van der Waals surface area contributed by atoms with Gasteiger partial charge in [0.1, 0.15) is 5.82 Å². The first-order valence-corrected chi connectivity index (χ1v) is 9.54.